The summed E-state index contributed by atoms with van der Waals surface area (Å²) in [5.74, 6) is 1.73. The summed E-state index contributed by atoms with van der Waals surface area (Å²) >= 11 is 0. The molecule has 0 aliphatic carbocycles. The Morgan fingerprint density at radius 3 is 2.88 bits per heavy atom. The molecule has 1 amide bonds. The number of nitrogens with zero attached hydrogens (tertiary/aromatic N) is 2. The third-order valence-corrected chi connectivity index (χ3v) is 5.53. The van der Waals surface area contributed by atoms with Gasteiger partial charge in [0.1, 0.15) is 5.75 Å². The maximum Gasteiger partial charge on any atom is 0.307 e. The molecule has 6 heteroatoms. The largest absolute Gasteiger partial charge is 0.497 e. The van der Waals surface area contributed by atoms with Gasteiger partial charge in [0, 0.05) is 17.6 Å². The molecule has 1 N–H and O–H groups in total. The lowest BCUT2D eigenvalue weighted by Crippen LogP contribution is -2.62. The Kier molecular flexibility index (Phi) is 4.21. The zero-order valence-electron chi connectivity index (χ0n) is 14.6. The number of nitrogens with one attached hydrogen (secondary N) is 1. The molecule has 3 saturated heterocycles. The van der Waals surface area contributed by atoms with Crippen molar-refractivity contribution >= 4 is 5.91 Å². The number of piperidine rings is 3. The second-order valence-corrected chi connectivity index (χ2v) is 6.87. The molecule has 3 fully saturated rings. The minimum Gasteiger partial charge on any atom is -0.497 e. The Morgan fingerprint density at radius 2 is 2.16 bits per heavy atom. The van der Waals surface area contributed by atoms with Crippen molar-refractivity contribution in [2.24, 2.45) is 5.92 Å². The molecule has 2 atom stereocenters. The Hall–Kier alpha value is -2.34. The first kappa shape index (κ1) is 16.1. The quantitative estimate of drug-likeness (QED) is 0.926. The number of ether oxygens (including phenoxy) is 1. The van der Waals surface area contributed by atoms with Gasteiger partial charge in [-0.1, -0.05) is 12.1 Å². The molecule has 25 heavy (non-hydrogen) atoms. The van der Waals surface area contributed by atoms with E-state index < -0.39 is 0 Å². The Labute approximate surface area is 147 Å². The number of benzene rings is 1. The van der Waals surface area contributed by atoms with Crippen molar-refractivity contribution < 1.29 is 13.9 Å². The molecular formula is C19H23N3O3. The SMILES string of the molecule is COc1cccc(-c2cnc(C(=O)NC3C4CCN(CC4)C3C)o2)c1. The van der Waals surface area contributed by atoms with Crippen LogP contribution >= 0.6 is 0 Å². The van der Waals surface area contributed by atoms with Crippen molar-refractivity contribution in [1.29, 1.82) is 0 Å². The number of aromatic nitrogens is 1. The van der Waals surface area contributed by atoms with Gasteiger partial charge in [0.15, 0.2) is 5.76 Å². The van der Waals surface area contributed by atoms with Crippen LogP contribution in [0.2, 0.25) is 0 Å². The molecule has 132 valence electrons. The highest BCUT2D eigenvalue weighted by Gasteiger charge is 2.40. The third-order valence-electron chi connectivity index (χ3n) is 5.53. The average Bonchev–Trinajstić information content (AvgIpc) is 3.15. The number of rotatable bonds is 4. The molecule has 0 radical (unpaired) electrons. The molecule has 3 aliphatic heterocycles. The van der Waals surface area contributed by atoms with Gasteiger partial charge >= 0.3 is 5.91 Å². The average molecular weight is 341 g/mol. The summed E-state index contributed by atoms with van der Waals surface area (Å²) in [5.41, 5.74) is 0.835. The van der Waals surface area contributed by atoms with E-state index in [9.17, 15) is 4.79 Å². The molecule has 0 spiro atoms. The summed E-state index contributed by atoms with van der Waals surface area (Å²) in [6.07, 6.45) is 3.88. The maximum absolute atomic E-state index is 12.6. The number of fused-ring (bicyclic) bond motifs is 3. The Morgan fingerprint density at radius 1 is 1.36 bits per heavy atom. The third kappa shape index (κ3) is 3.02. The number of oxazole rings is 1. The van der Waals surface area contributed by atoms with E-state index in [2.05, 4.69) is 22.1 Å². The smallest absolute Gasteiger partial charge is 0.307 e. The van der Waals surface area contributed by atoms with Crippen LogP contribution < -0.4 is 10.1 Å². The first-order valence-corrected chi connectivity index (χ1v) is 8.81. The number of methoxy groups -OCH3 is 1. The lowest BCUT2D eigenvalue weighted by molar-refractivity contribution is 0.0210. The van der Waals surface area contributed by atoms with E-state index in [4.69, 9.17) is 9.15 Å². The standard InChI is InChI=1S/C19H23N3O3/c1-12-17(13-6-8-22(12)9-7-13)21-18(23)19-20-11-16(25-19)14-4-3-5-15(10-14)24-2/h3-5,10-13,17H,6-9H2,1-2H3,(H,21,23). The zero-order valence-corrected chi connectivity index (χ0v) is 14.6. The van der Waals surface area contributed by atoms with E-state index in [-0.39, 0.29) is 17.8 Å². The lowest BCUT2D eigenvalue weighted by atomic mass is 9.79. The molecular weight excluding hydrogens is 318 g/mol. The molecule has 5 rings (SSSR count). The van der Waals surface area contributed by atoms with Crippen LogP contribution in [0.3, 0.4) is 0 Å². The van der Waals surface area contributed by atoms with Crippen LogP contribution in [0.4, 0.5) is 0 Å². The van der Waals surface area contributed by atoms with Gasteiger partial charge in [-0.05, 0) is 50.9 Å². The second kappa shape index (κ2) is 6.52. The first-order chi connectivity index (χ1) is 12.2. The number of hydrogen-bond donors (Lipinski definition) is 1. The van der Waals surface area contributed by atoms with E-state index in [1.54, 1.807) is 13.3 Å². The van der Waals surface area contributed by atoms with E-state index >= 15 is 0 Å². The highest BCUT2D eigenvalue weighted by Crippen LogP contribution is 2.32. The van der Waals surface area contributed by atoms with Gasteiger partial charge in [0.25, 0.3) is 5.89 Å². The van der Waals surface area contributed by atoms with Crippen LogP contribution in [-0.4, -0.2) is 48.1 Å². The van der Waals surface area contributed by atoms with Crippen molar-refractivity contribution in [2.45, 2.75) is 31.8 Å². The van der Waals surface area contributed by atoms with E-state index in [1.807, 2.05) is 24.3 Å². The van der Waals surface area contributed by atoms with E-state index in [0.29, 0.717) is 17.7 Å². The summed E-state index contributed by atoms with van der Waals surface area (Å²) in [4.78, 5) is 19.2. The fraction of sp³-hybridized carbons (Fsp3) is 0.474. The highest BCUT2D eigenvalue weighted by molar-refractivity contribution is 5.90. The molecule has 1 aromatic heterocycles. The molecule has 1 aromatic carbocycles. The summed E-state index contributed by atoms with van der Waals surface area (Å²) in [6, 6.07) is 8.04. The predicted molar refractivity (Wildman–Crippen MR) is 93.5 cm³/mol. The summed E-state index contributed by atoms with van der Waals surface area (Å²) < 4.78 is 10.9. The summed E-state index contributed by atoms with van der Waals surface area (Å²) in [5, 5.41) is 3.14. The molecule has 2 unspecified atom stereocenters. The van der Waals surface area contributed by atoms with Crippen LogP contribution in [0.1, 0.15) is 30.5 Å². The Balaban J connectivity index is 1.49. The van der Waals surface area contributed by atoms with Crippen molar-refractivity contribution in [2.75, 3.05) is 20.2 Å². The molecule has 0 saturated carbocycles. The minimum atomic E-state index is -0.236. The number of carbonyl (C=O) groups is 1. The van der Waals surface area contributed by atoms with Gasteiger partial charge in [0.2, 0.25) is 0 Å². The molecule has 4 heterocycles. The number of carbonyl (C=O) groups excluding carboxylic acids is 1. The van der Waals surface area contributed by atoms with Crippen LogP contribution in [0.15, 0.2) is 34.9 Å². The van der Waals surface area contributed by atoms with Crippen molar-refractivity contribution in [3.8, 4) is 17.1 Å². The monoisotopic (exact) mass is 341 g/mol. The van der Waals surface area contributed by atoms with Crippen LogP contribution in [-0.2, 0) is 0 Å². The fourth-order valence-corrected chi connectivity index (χ4v) is 4.05. The maximum atomic E-state index is 12.6. The van der Waals surface area contributed by atoms with Crippen LogP contribution in [0.5, 0.6) is 5.75 Å². The fourth-order valence-electron chi connectivity index (χ4n) is 4.05. The van der Waals surface area contributed by atoms with Gasteiger partial charge in [0.05, 0.1) is 13.3 Å². The topological polar surface area (TPSA) is 67.6 Å². The molecule has 2 aromatic rings. The van der Waals surface area contributed by atoms with Crippen LogP contribution in [0, 0.1) is 5.92 Å². The van der Waals surface area contributed by atoms with Crippen molar-refractivity contribution in [3.05, 3.63) is 36.4 Å². The summed E-state index contributed by atoms with van der Waals surface area (Å²) in [6.45, 7) is 4.46. The molecule has 2 bridgehead atoms. The van der Waals surface area contributed by atoms with Crippen molar-refractivity contribution in [3.63, 3.8) is 0 Å². The van der Waals surface area contributed by atoms with Gasteiger partial charge < -0.3 is 14.5 Å². The predicted octanol–water partition coefficient (Wildman–Crippen LogP) is 2.56. The summed E-state index contributed by atoms with van der Waals surface area (Å²) in [7, 11) is 1.62. The minimum absolute atomic E-state index is 0.112. The Bertz CT molecular complexity index is 763. The highest BCUT2D eigenvalue weighted by atomic mass is 16.5. The first-order valence-electron chi connectivity index (χ1n) is 8.81. The number of hydrogen-bond acceptors (Lipinski definition) is 5. The number of amides is 1. The lowest BCUT2D eigenvalue weighted by Gasteiger charge is -2.49. The zero-order chi connectivity index (χ0) is 17.4. The van der Waals surface area contributed by atoms with E-state index in [1.165, 1.54) is 0 Å². The van der Waals surface area contributed by atoms with Crippen molar-refractivity contribution in [1.82, 2.24) is 15.2 Å². The van der Waals surface area contributed by atoms with Gasteiger partial charge in [-0.15, -0.1) is 0 Å². The molecule has 6 nitrogen and oxygen atoms in total. The van der Waals surface area contributed by atoms with E-state index in [0.717, 1.165) is 37.2 Å². The second-order valence-electron chi connectivity index (χ2n) is 6.87. The molecule has 3 aliphatic rings. The van der Waals surface area contributed by atoms with Gasteiger partial charge in [-0.25, -0.2) is 4.98 Å². The normalized spacial score (nSPS) is 27.9. The van der Waals surface area contributed by atoms with Gasteiger partial charge in [-0.2, -0.15) is 0 Å². The van der Waals surface area contributed by atoms with Crippen LogP contribution in [0.25, 0.3) is 11.3 Å². The van der Waals surface area contributed by atoms with Gasteiger partial charge in [-0.3, -0.25) is 9.69 Å².